The fourth-order valence-electron chi connectivity index (χ4n) is 2.99. The zero-order valence-corrected chi connectivity index (χ0v) is 10.4. The summed E-state index contributed by atoms with van der Waals surface area (Å²) in [6.45, 7) is 0. The van der Waals surface area contributed by atoms with Crippen LogP contribution in [0, 0.1) is 17.8 Å². The minimum Gasteiger partial charge on any atom is -0.497 e. The maximum Gasteiger partial charge on any atom is 0.228 e. The molecule has 1 N–H and O–H groups in total. The number of carbonyl (C=O) groups is 1. The Bertz CT molecular complexity index is 478. The molecule has 3 nitrogen and oxygen atoms in total. The monoisotopic (exact) mass is 243 g/mol. The Hall–Kier alpha value is -1.77. The number of benzene rings is 1. The van der Waals surface area contributed by atoms with Crippen molar-refractivity contribution in [1.29, 1.82) is 0 Å². The first-order chi connectivity index (χ1) is 8.76. The van der Waals surface area contributed by atoms with Crippen molar-refractivity contribution in [2.75, 3.05) is 12.4 Å². The Labute approximate surface area is 107 Å². The summed E-state index contributed by atoms with van der Waals surface area (Å²) in [6.07, 6.45) is 6.61. The summed E-state index contributed by atoms with van der Waals surface area (Å²) in [5.41, 5.74) is 0.840. The minimum absolute atomic E-state index is 0.150. The van der Waals surface area contributed by atoms with Crippen molar-refractivity contribution < 1.29 is 9.53 Å². The van der Waals surface area contributed by atoms with Gasteiger partial charge in [0.1, 0.15) is 5.75 Å². The number of hydrogen-bond acceptors (Lipinski definition) is 2. The van der Waals surface area contributed by atoms with Gasteiger partial charge in [0.25, 0.3) is 0 Å². The lowest BCUT2D eigenvalue weighted by Gasteiger charge is -2.17. The summed E-state index contributed by atoms with van der Waals surface area (Å²) in [5, 5.41) is 2.99. The van der Waals surface area contributed by atoms with Crippen molar-refractivity contribution in [3.63, 3.8) is 0 Å². The van der Waals surface area contributed by atoms with E-state index in [0.717, 1.165) is 24.3 Å². The normalized spacial score (nSPS) is 28.4. The highest BCUT2D eigenvalue weighted by Gasteiger charge is 2.39. The van der Waals surface area contributed by atoms with Gasteiger partial charge < -0.3 is 10.1 Å². The second-order valence-electron chi connectivity index (χ2n) is 5.10. The molecule has 0 radical (unpaired) electrons. The van der Waals surface area contributed by atoms with Crippen LogP contribution in [0.5, 0.6) is 5.75 Å². The molecule has 3 atom stereocenters. The first-order valence-corrected chi connectivity index (χ1v) is 6.39. The van der Waals surface area contributed by atoms with Crippen LogP contribution in [-0.4, -0.2) is 13.0 Å². The number of methoxy groups -OCH3 is 1. The smallest absolute Gasteiger partial charge is 0.228 e. The van der Waals surface area contributed by atoms with E-state index in [4.69, 9.17) is 4.74 Å². The average Bonchev–Trinajstić information content (AvgIpc) is 3.02. The van der Waals surface area contributed by atoms with Gasteiger partial charge in [0.15, 0.2) is 0 Å². The van der Waals surface area contributed by atoms with Crippen molar-refractivity contribution in [2.24, 2.45) is 17.8 Å². The standard InChI is InChI=1S/C15H17NO2/c1-18-13-6-4-12(5-7-13)16-15(17)14-9-10-2-3-11(14)8-10/h2-7,10-11,14H,8-9H2,1H3,(H,16,17). The van der Waals surface area contributed by atoms with Crippen LogP contribution in [0.1, 0.15) is 12.8 Å². The van der Waals surface area contributed by atoms with Gasteiger partial charge in [-0.3, -0.25) is 4.79 Å². The summed E-state index contributed by atoms with van der Waals surface area (Å²) in [6, 6.07) is 7.46. The Kier molecular flexibility index (Phi) is 2.82. The third kappa shape index (κ3) is 2.01. The summed E-state index contributed by atoms with van der Waals surface area (Å²) in [7, 11) is 1.63. The van der Waals surface area contributed by atoms with Crippen LogP contribution >= 0.6 is 0 Å². The zero-order chi connectivity index (χ0) is 12.5. The molecule has 0 aromatic heterocycles. The van der Waals surface area contributed by atoms with Crippen molar-refractivity contribution in [1.82, 2.24) is 0 Å². The maximum atomic E-state index is 12.2. The lowest BCUT2D eigenvalue weighted by Crippen LogP contribution is -2.25. The third-order valence-corrected chi connectivity index (χ3v) is 3.97. The van der Waals surface area contributed by atoms with Gasteiger partial charge in [-0.2, -0.15) is 0 Å². The molecule has 18 heavy (non-hydrogen) atoms. The van der Waals surface area contributed by atoms with E-state index >= 15 is 0 Å². The molecule has 1 aromatic carbocycles. The number of amides is 1. The van der Waals surface area contributed by atoms with Crippen LogP contribution in [0.25, 0.3) is 0 Å². The first-order valence-electron chi connectivity index (χ1n) is 6.39. The van der Waals surface area contributed by atoms with E-state index in [1.54, 1.807) is 7.11 Å². The molecule has 0 aliphatic heterocycles. The molecule has 2 aliphatic rings. The van der Waals surface area contributed by atoms with Gasteiger partial charge in [0.2, 0.25) is 5.91 Å². The number of anilines is 1. The third-order valence-electron chi connectivity index (χ3n) is 3.97. The van der Waals surface area contributed by atoms with Crippen molar-refractivity contribution in [2.45, 2.75) is 12.8 Å². The summed E-state index contributed by atoms with van der Waals surface area (Å²) < 4.78 is 5.09. The van der Waals surface area contributed by atoms with Crippen LogP contribution < -0.4 is 10.1 Å². The Balaban J connectivity index is 1.65. The predicted molar refractivity (Wildman–Crippen MR) is 70.5 cm³/mol. The lowest BCUT2D eigenvalue weighted by molar-refractivity contribution is -0.120. The molecule has 1 fully saturated rings. The number of carbonyl (C=O) groups excluding carboxylic acids is 1. The molecule has 0 spiro atoms. The van der Waals surface area contributed by atoms with Crippen molar-refractivity contribution in [3.8, 4) is 5.75 Å². The van der Waals surface area contributed by atoms with Gasteiger partial charge in [0, 0.05) is 11.6 Å². The highest BCUT2D eigenvalue weighted by atomic mass is 16.5. The van der Waals surface area contributed by atoms with E-state index in [1.807, 2.05) is 24.3 Å². The van der Waals surface area contributed by atoms with E-state index in [-0.39, 0.29) is 11.8 Å². The summed E-state index contributed by atoms with van der Waals surface area (Å²) in [4.78, 5) is 12.2. The highest BCUT2D eigenvalue weighted by Crippen LogP contribution is 2.43. The molecule has 1 saturated carbocycles. The van der Waals surface area contributed by atoms with Crippen molar-refractivity contribution in [3.05, 3.63) is 36.4 Å². The lowest BCUT2D eigenvalue weighted by atomic mass is 9.93. The second-order valence-corrected chi connectivity index (χ2v) is 5.10. The molecule has 0 saturated heterocycles. The van der Waals surface area contributed by atoms with Crippen molar-refractivity contribution >= 4 is 11.6 Å². The first kappa shape index (κ1) is 11.3. The number of fused-ring (bicyclic) bond motifs is 2. The predicted octanol–water partition coefficient (Wildman–Crippen LogP) is 2.85. The maximum absolute atomic E-state index is 12.2. The fraction of sp³-hybridized carbons (Fsp3) is 0.400. The van der Waals surface area contributed by atoms with Crippen LogP contribution in [0.3, 0.4) is 0 Å². The Morgan fingerprint density at radius 1 is 1.22 bits per heavy atom. The number of nitrogens with one attached hydrogen (secondary N) is 1. The van der Waals surface area contributed by atoms with Gasteiger partial charge in [-0.05, 0) is 48.9 Å². The fourth-order valence-corrected chi connectivity index (χ4v) is 2.99. The molecule has 1 amide bonds. The second kappa shape index (κ2) is 4.48. The van der Waals surface area contributed by atoms with E-state index < -0.39 is 0 Å². The largest absolute Gasteiger partial charge is 0.497 e. The van der Waals surface area contributed by atoms with Crippen LogP contribution in [0.4, 0.5) is 5.69 Å². The SMILES string of the molecule is COc1ccc(NC(=O)C2CC3C=CC2C3)cc1. The molecular weight excluding hydrogens is 226 g/mol. The van der Waals surface area contributed by atoms with Gasteiger partial charge in [-0.1, -0.05) is 12.2 Å². The van der Waals surface area contributed by atoms with E-state index in [0.29, 0.717) is 11.8 Å². The molecule has 1 aromatic rings. The molecule has 2 bridgehead atoms. The number of ether oxygens (including phenoxy) is 1. The highest BCUT2D eigenvalue weighted by molar-refractivity contribution is 5.93. The molecular formula is C15H17NO2. The molecule has 3 unspecified atom stereocenters. The number of allylic oxidation sites excluding steroid dienone is 2. The van der Waals surface area contributed by atoms with Gasteiger partial charge >= 0.3 is 0 Å². The molecule has 94 valence electrons. The number of hydrogen-bond donors (Lipinski definition) is 1. The zero-order valence-electron chi connectivity index (χ0n) is 10.4. The molecule has 3 rings (SSSR count). The quantitative estimate of drug-likeness (QED) is 0.829. The Morgan fingerprint density at radius 2 is 2.00 bits per heavy atom. The number of rotatable bonds is 3. The van der Waals surface area contributed by atoms with Crippen LogP contribution in [0.15, 0.2) is 36.4 Å². The van der Waals surface area contributed by atoms with E-state index in [9.17, 15) is 4.79 Å². The molecule has 2 aliphatic carbocycles. The molecule has 0 heterocycles. The van der Waals surface area contributed by atoms with Gasteiger partial charge in [-0.25, -0.2) is 0 Å². The van der Waals surface area contributed by atoms with Crippen LogP contribution in [0.2, 0.25) is 0 Å². The Morgan fingerprint density at radius 3 is 2.56 bits per heavy atom. The van der Waals surface area contributed by atoms with Gasteiger partial charge in [0.05, 0.1) is 7.11 Å². The summed E-state index contributed by atoms with van der Waals surface area (Å²) >= 11 is 0. The topological polar surface area (TPSA) is 38.3 Å². The summed E-state index contributed by atoms with van der Waals surface area (Å²) in [5.74, 6) is 2.19. The average molecular weight is 243 g/mol. The van der Waals surface area contributed by atoms with E-state index in [2.05, 4.69) is 17.5 Å². The molecule has 3 heteroatoms. The van der Waals surface area contributed by atoms with Gasteiger partial charge in [-0.15, -0.1) is 0 Å². The van der Waals surface area contributed by atoms with E-state index in [1.165, 1.54) is 0 Å². The minimum atomic E-state index is 0.150. The van der Waals surface area contributed by atoms with Crippen LogP contribution in [-0.2, 0) is 4.79 Å².